The Morgan fingerprint density at radius 2 is 1.82 bits per heavy atom. The third-order valence-corrected chi connectivity index (χ3v) is 3.51. The van der Waals surface area contributed by atoms with Gasteiger partial charge in [-0.1, -0.05) is 57.5 Å². The van der Waals surface area contributed by atoms with Crippen molar-refractivity contribution < 1.29 is 14.7 Å². The molecule has 22 heavy (non-hydrogen) atoms. The summed E-state index contributed by atoms with van der Waals surface area (Å²) in [5, 5.41) is 15.0. The number of rotatable bonds is 9. The zero-order valence-corrected chi connectivity index (χ0v) is 13.5. The molecule has 0 spiro atoms. The van der Waals surface area contributed by atoms with E-state index in [1.54, 1.807) is 0 Å². The van der Waals surface area contributed by atoms with Gasteiger partial charge in [-0.2, -0.15) is 0 Å². The van der Waals surface area contributed by atoms with Crippen molar-refractivity contribution in [3.05, 3.63) is 35.9 Å². The fourth-order valence-corrected chi connectivity index (χ4v) is 2.26. The van der Waals surface area contributed by atoms with Gasteiger partial charge in [0.2, 0.25) is 5.91 Å². The van der Waals surface area contributed by atoms with Gasteiger partial charge in [-0.15, -0.1) is 0 Å². The van der Waals surface area contributed by atoms with Crippen molar-refractivity contribution in [1.29, 1.82) is 0 Å². The molecule has 5 nitrogen and oxygen atoms in total. The molecule has 0 unspecified atom stereocenters. The van der Waals surface area contributed by atoms with E-state index in [-0.39, 0.29) is 11.8 Å². The molecule has 1 rings (SSSR count). The van der Waals surface area contributed by atoms with Crippen LogP contribution in [0.3, 0.4) is 0 Å². The molecular formula is C17H26N2O3. The van der Waals surface area contributed by atoms with Gasteiger partial charge in [-0.3, -0.25) is 4.79 Å². The molecule has 1 amide bonds. The van der Waals surface area contributed by atoms with Crippen molar-refractivity contribution in [2.75, 3.05) is 0 Å². The standard InChI is InChI=1S/C17H26N2O3/c1-4-8-14(17(21)22)19-16(20)15(12(2)3)18-11-13-9-6-5-7-10-13/h5-7,9-10,12,14-15,18H,4,8,11H2,1-3H3,(H,19,20)(H,21,22)/t14-,15-/m0/s1. The molecule has 122 valence electrons. The molecule has 0 radical (unpaired) electrons. The molecule has 2 atom stereocenters. The number of hydrogen-bond donors (Lipinski definition) is 3. The maximum absolute atomic E-state index is 12.4. The minimum absolute atomic E-state index is 0.0692. The van der Waals surface area contributed by atoms with Crippen LogP contribution in [0.1, 0.15) is 39.2 Å². The number of benzene rings is 1. The molecule has 0 aliphatic rings. The lowest BCUT2D eigenvalue weighted by molar-refractivity contribution is -0.142. The van der Waals surface area contributed by atoms with Crippen LogP contribution in [0.5, 0.6) is 0 Å². The zero-order chi connectivity index (χ0) is 16.5. The van der Waals surface area contributed by atoms with Crippen molar-refractivity contribution in [3.8, 4) is 0 Å². The number of hydrogen-bond acceptors (Lipinski definition) is 3. The van der Waals surface area contributed by atoms with E-state index in [2.05, 4.69) is 10.6 Å². The summed E-state index contributed by atoms with van der Waals surface area (Å²) >= 11 is 0. The largest absolute Gasteiger partial charge is 0.480 e. The average molecular weight is 306 g/mol. The maximum atomic E-state index is 12.4. The summed E-state index contributed by atoms with van der Waals surface area (Å²) in [7, 11) is 0. The van der Waals surface area contributed by atoms with E-state index in [0.29, 0.717) is 19.4 Å². The van der Waals surface area contributed by atoms with Crippen LogP contribution in [0.15, 0.2) is 30.3 Å². The monoisotopic (exact) mass is 306 g/mol. The highest BCUT2D eigenvalue weighted by Gasteiger charge is 2.26. The van der Waals surface area contributed by atoms with Crippen molar-refractivity contribution in [3.63, 3.8) is 0 Å². The van der Waals surface area contributed by atoms with E-state index in [0.717, 1.165) is 5.56 Å². The van der Waals surface area contributed by atoms with E-state index in [1.165, 1.54) is 0 Å². The summed E-state index contributed by atoms with van der Waals surface area (Å²) in [6, 6.07) is 8.57. The first kappa shape index (κ1) is 18.2. The summed E-state index contributed by atoms with van der Waals surface area (Å²) in [5.74, 6) is -1.17. The Balaban J connectivity index is 2.65. The van der Waals surface area contributed by atoms with Crippen molar-refractivity contribution in [1.82, 2.24) is 10.6 Å². The van der Waals surface area contributed by atoms with E-state index in [4.69, 9.17) is 5.11 Å². The number of carbonyl (C=O) groups is 2. The number of amides is 1. The predicted octanol–water partition coefficient (Wildman–Crippen LogP) is 2.17. The summed E-state index contributed by atoms with van der Waals surface area (Å²) in [5.41, 5.74) is 1.09. The number of carboxylic acids is 1. The van der Waals surface area contributed by atoms with Crippen LogP contribution >= 0.6 is 0 Å². The van der Waals surface area contributed by atoms with Gasteiger partial charge in [0.15, 0.2) is 0 Å². The smallest absolute Gasteiger partial charge is 0.326 e. The highest BCUT2D eigenvalue weighted by molar-refractivity contribution is 5.87. The Labute approximate surface area is 132 Å². The van der Waals surface area contributed by atoms with Gasteiger partial charge in [0, 0.05) is 6.54 Å². The van der Waals surface area contributed by atoms with Crippen LogP contribution in [-0.2, 0) is 16.1 Å². The van der Waals surface area contributed by atoms with Crippen LogP contribution in [0, 0.1) is 5.92 Å². The SMILES string of the molecule is CCC[C@H](NC(=O)[C@@H](NCc1ccccc1)C(C)C)C(=O)O. The first-order valence-electron chi connectivity index (χ1n) is 7.76. The first-order chi connectivity index (χ1) is 10.5. The normalized spacial score (nSPS) is 13.6. The predicted molar refractivity (Wildman–Crippen MR) is 86.4 cm³/mol. The lowest BCUT2D eigenvalue weighted by Crippen LogP contribution is -2.52. The van der Waals surface area contributed by atoms with Crippen LogP contribution in [0.2, 0.25) is 0 Å². The first-order valence-corrected chi connectivity index (χ1v) is 7.76. The highest BCUT2D eigenvalue weighted by Crippen LogP contribution is 2.06. The van der Waals surface area contributed by atoms with Crippen molar-refractivity contribution >= 4 is 11.9 Å². The minimum atomic E-state index is -0.985. The summed E-state index contributed by atoms with van der Waals surface area (Å²) in [4.78, 5) is 23.5. The second kappa shape index (κ2) is 9.20. The molecule has 0 heterocycles. The van der Waals surface area contributed by atoms with E-state index in [1.807, 2.05) is 51.1 Å². The highest BCUT2D eigenvalue weighted by atomic mass is 16.4. The Kier molecular flexibility index (Phi) is 7.60. The topological polar surface area (TPSA) is 78.4 Å². The molecule has 5 heteroatoms. The third-order valence-electron chi connectivity index (χ3n) is 3.51. The summed E-state index contributed by atoms with van der Waals surface area (Å²) in [6.07, 6.45) is 1.14. The van der Waals surface area contributed by atoms with Crippen LogP contribution in [0.4, 0.5) is 0 Å². The molecule has 0 bridgehead atoms. The Bertz CT molecular complexity index is 474. The van der Waals surface area contributed by atoms with E-state index >= 15 is 0 Å². The maximum Gasteiger partial charge on any atom is 0.326 e. The van der Waals surface area contributed by atoms with Gasteiger partial charge >= 0.3 is 5.97 Å². The number of carbonyl (C=O) groups excluding carboxylic acids is 1. The summed E-state index contributed by atoms with van der Waals surface area (Å²) < 4.78 is 0. The summed E-state index contributed by atoms with van der Waals surface area (Å²) in [6.45, 7) is 6.36. The van der Waals surface area contributed by atoms with E-state index < -0.39 is 18.1 Å². The number of nitrogens with one attached hydrogen (secondary N) is 2. The minimum Gasteiger partial charge on any atom is -0.480 e. The number of carboxylic acid groups (broad SMARTS) is 1. The van der Waals surface area contributed by atoms with Gasteiger partial charge in [0.05, 0.1) is 6.04 Å². The van der Waals surface area contributed by atoms with E-state index in [9.17, 15) is 9.59 Å². The van der Waals surface area contributed by atoms with Gasteiger partial charge in [0.1, 0.15) is 6.04 Å². The Morgan fingerprint density at radius 3 is 2.32 bits per heavy atom. The molecule has 0 saturated carbocycles. The van der Waals surface area contributed by atoms with Gasteiger partial charge in [-0.25, -0.2) is 4.79 Å². The molecule has 1 aromatic carbocycles. The van der Waals surface area contributed by atoms with Crippen molar-refractivity contribution in [2.45, 2.75) is 52.2 Å². The lowest BCUT2D eigenvalue weighted by atomic mass is 10.0. The third kappa shape index (κ3) is 5.85. The van der Waals surface area contributed by atoms with Gasteiger partial charge in [-0.05, 0) is 17.9 Å². The van der Waals surface area contributed by atoms with Gasteiger partial charge in [0.25, 0.3) is 0 Å². The van der Waals surface area contributed by atoms with Crippen LogP contribution in [0.25, 0.3) is 0 Å². The molecule has 0 aromatic heterocycles. The molecule has 0 aliphatic carbocycles. The van der Waals surface area contributed by atoms with Crippen LogP contribution in [-0.4, -0.2) is 29.1 Å². The molecule has 3 N–H and O–H groups in total. The Morgan fingerprint density at radius 1 is 1.18 bits per heavy atom. The number of aliphatic carboxylic acids is 1. The lowest BCUT2D eigenvalue weighted by Gasteiger charge is -2.24. The molecule has 0 aliphatic heterocycles. The second-order valence-electron chi connectivity index (χ2n) is 5.78. The molecule has 1 aromatic rings. The molecular weight excluding hydrogens is 280 g/mol. The molecule has 0 saturated heterocycles. The average Bonchev–Trinajstić information content (AvgIpc) is 2.47. The molecule has 0 fully saturated rings. The zero-order valence-electron chi connectivity index (χ0n) is 13.5. The second-order valence-corrected chi connectivity index (χ2v) is 5.78. The Hall–Kier alpha value is -1.88. The quantitative estimate of drug-likeness (QED) is 0.653. The van der Waals surface area contributed by atoms with Crippen LogP contribution < -0.4 is 10.6 Å². The fourth-order valence-electron chi connectivity index (χ4n) is 2.26. The van der Waals surface area contributed by atoms with Crippen molar-refractivity contribution in [2.24, 2.45) is 5.92 Å². The van der Waals surface area contributed by atoms with Gasteiger partial charge < -0.3 is 15.7 Å². The fraction of sp³-hybridized carbons (Fsp3) is 0.529.